The molecule has 3 N–H and O–H groups in total. The molecule has 1 unspecified atom stereocenters. The largest absolute Gasteiger partial charge is 0.477 e. The lowest BCUT2D eigenvalue weighted by atomic mass is 9.82. The Bertz CT molecular complexity index is 912. The zero-order chi connectivity index (χ0) is 21.8. The van der Waals surface area contributed by atoms with Gasteiger partial charge in [0.05, 0.1) is 18.3 Å². The summed E-state index contributed by atoms with van der Waals surface area (Å²) in [5, 5.41) is 9.95. The molecule has 1 aromatic heterocycles. The number of anilines is 1. The van der Waals surface area contributed by atoms with Crippen molar-refractivity contribution in [3.05, 3.63) is 41.3 Å². The highest BCUT2D eigenvalue weighted by molar-refractivity contribution is 7.97. The number of carbonyl (C=O) groups is 2. The molecule has 0 spiro atoms. The Kier molecular flexibility index (Phi) is 7.32. The number of rotatable bonds is 7. The number of thiophene rings is 1. The molecule has 1 saturated carbocycles. The molecule has 4 rings (SSSR count). The zero-order valence-electron chi connectivity index (χ0n) is 17.5. The van der Waals surface area contributed by atoms with E-state index in [4.69, 9.17) is 5.73 Å². The van der Waals surface area contributed by atoms with Crippen molar-refractivity contribution in [3.8, 4) is 10.4 Å². The number of carbonyl (C=O) groups excluding carboxylic acids is 1. The molecule has 2 aliphatic rings. The first-order valence-corrected chi connectivity index (χ1v) is 12.7. The van der Waals surface area contributed by atoms with Gasteiger partial charge in [0, 0.05) is 23.7 Å². The summed E-state index contributed by atoms with van der Waals surface area (Å²) in [4.78, 5) is 28.5. The molecule has 166 valence electrons. The summed E-state index contributed by atoms with van der Waals surface area (Å²) in [5.41, 5.74) is 7.21. The number of nitrogens with zero attached hydrogens (tertiary/aromatic N) is 2. The third-order valence-corrected chi connectivity index (χ3v) is 8.34. The van der Waals surface area contributed by atoms with Crippen LogP contribution in [0.25, 0.3) is 10.4 Å². The summed E-state index contributed by atoms with van der Waals surface area (Å²) in [6.45, 7) is 1.60. The van der Waals surface area contributed by atoms with Crippen molar-refractivity contribution in [1.82, 2.24) is 4.31 Å². The Balaban J connectivity index is 1.71. The number of carboxylic acids is 1. The molecule has 31 heavy (non-hydrogen) atoms. The molecule has 6 nitrogen and oxygen atoms in total. The van der Waals surface area contributed by atoms with Crippen molar-refractivity contribution in [3.63, 3.8) is 0 Å². The lowest BCUT2D eigenvalue weighted by molar-refractivity contribution is -0.121. The van der Waals surface area contributed by atoms with E-state index in [9.17, 15) is 14.7 Å². The number of amides is 1. The maximum atomic E-state index is 13.4. The smallest absolute Gasteiger partial charge is 0.348 e. The predicted octanol–water partition coefficient (Wildman–Crippen LogP) is 4.32. The Hall–Kier alpha value is -1.87. The van der Waals surface area contributed by atoms with Crippen molar-refractivity contribution in [2.75, 3.05) is 30.3 Å². The third kappa shape index (κ3) is 4.98. The van der Waals surface area contributed by atoms with Gasteiger partial charge in [-0.25, -0.2) is 9.10 Å². The highest BCUT2D eigenvalue weighted by atomic mass is 32.2. The zero-order valence-corrected chi connectivity index (χ0v) is 19.2. The molecule has 2 fully saturated rings. The van der Waals surface area contributed by atoms with Gasteiger partial charge in [-0.15, -0.1) is 11.3 Å². The minimum atomic E-state index is -0.975. The standard InChI is InChI=1S/C23H29N3O3S2/c24-11-12-30-25-14-19(16-7-3-1-4-8-16)26(21(27)15-25)18-13-20(31-22(18)23(28)29)17-9-5-2-6-10-17/h2,5-6,9-10,13,16,19H,1,3-4,7-8,11-12,14-15,24H2,(H,28,29). The quantitative estimate of drug-likeness (QED) is 0.600. The van der Waals surface area contributed by atoms with Crippen LogP contribution in [0.4, 0.5) is 5.69 Å². The van der Waals surface area contributed by atoms with E-state index in [1.807, 2.05) is 41.3 Å². The summed E-state index contributed by atoms with van der Waals surface area (Å²) in [6, 6.07) is 11.7. The van der Waals surface area contributed by atoms with E-state index >= 15 is 0 Å². The molecule has 1 aliphatic heterocycles. The van der Waals surface area contributed by atoms with E-state index in [1.54, 1.807) is 11.9 Å². The molecule has 1 aromatic carbocycles. The number of hydrogen-bond acceptors (Lipinski definition) is 6. The first kappa shape index (κ1) is 22.3. The van der Waals surface area contributed by atoms with Crippen LogP contribution in [0.2, 0.25) is 0 Å². The van der Waals surface area contributed by atoms with Gasteiger partial charge in [0.15, 0.2) is 0 Å². The predicted molar refractivity (Wildman–Crippen MR) is 128 cm³/mol. The summed E-state index contributed by atoms with van der Waals surface area (Å²) in [5.74, 6) is 0.172. The van der Waals surface area contributed by atoms with Crippen LogP contribution < -0.4 is 10.6 Å². The average molecular weight is 460 g/mol. The second kappa shape index (κ2) is 10.2. The molecule has 1 saturated heterocycles. The fourth-order valence-corrected chi connectivity index (χ4v) is 6.51. The first-order chi connectivity index (χ1) is 15.1. The van der Waals surface area contributed by atoms with E-state index in [1.165, 1.54) is 30.6 Å². The van der Waals surface area contributed by atoms with Gasteiger partial charge >= 0.3 is 5.97 Å². The normalized spacial score (nSPS) is 20.9. The second-order valence-corrected chi connectivity index (χ2v) is 10.4. The van der Waals surface area contributed by atoms with Gasteiger partial charge in [0.25, 0.3) is 0 Å². The summed E-state index contributed by atoms with van der Waals surface area (Å²) in [7, 11) is 0. The SMILES string of the molecule is NCCSN1CC(=O)N(c2cc(-c3ccccc3)sc2C(=O)O)C(C2CCCCC2)C1. The van der Waals surface area contributed by atoms with Crippen LogP contribution in [0.5, 0.6) is 0 Å². The van der Waals surface area contributed by atoms with E-state index in [0.29, 0.717) is 18.2 Å². The molecule has 2 aromatic rings. The number of hydrogen-bond donors (Lipinski definition) is 2. The van der Waals surface area contributed by atoms with E-state index in [0.717, 1.165) is 35.6 Å². The third-order valence-electron chi connectivity index (χ3n) is 6.11. The molecule has 1 aliphatic carbocycles. The van der Waals surface area contributed by atoms with Crippen molar-refractivity contribution in [2.45, 2.75) is 38.1 Å². The number of benzene rings is 1. The second-order valence-electron chi connectivity index (χ2n) is 8.17. The van der Waals surface area contributed by atoms with Crippen LogP contribution in [0.1, 0.15) is 41.8 Å². The first-order valence-electron chi connectivity index (χ1n) is 10.9. The van der Waals surface area contributed by atoms with Gasteiger partial charge in [-0.05, 0) is 30.4 Å². The highest BCUT2D eigenvalue weighted by Gasteiger charge is 2.40. The fraction of sp³-hybridized carbons (Fsp3) is 0.478. The van der Waals surface area contributed by atoms with Crippen LogP contribution in [0.3, 0.4) is 0 Å². The van der Waals surface area contributed by atoms with Gasteiger partial charge in [-0.1, -0.05) is 61.5 Å². The fourth-order valence-electron chi connectivity index (χ4n) is 4.70. The molecule has 0 bridgehead atoms. The molecule has 0 radical (unpaired) electrons. The van der Waals surface area contributed by atoms with Gasteiger partial charge < -0.3 is 15.7 Å². The lowest BCUT2D eigenvalue weighted by Gasteiger charge is -2.45. The summed E-state index contributed by atoms with van der Waals surface area (Å²) >= 11 is 2.88. The van der Waals surface area contributed by atoms with Gasteiger partial charge in [0.1, 0.15) is 4.88 Å². The maximum absolute atomic E-state index is 13.4. The van der Waals surface area contributed by atoms with Gasteiger partial charge in [-0.3, -0.25) is 4.79 Å². The monoisotopic (exact) mass is 459 g/mol. The molecule has 8 heteroatoms. The van der Waals surface area contributed by atoms with Gasteiger partial charge in [-0.2, -0.15) is 0 Å². The van der Waals surface area contributed by atoms with Crippen molar-refractivity contribution in [1.29, 1.82) is 0 Å². The van der Waals surface area contributed by atoms with Crippen LogP contribution in [0, 0.1) is 5.92 Å². The van der Waals surface area contributed by atoms with Crippen LogP contribution in [-0.2, 0) is 4.79 Å². The Morgan fingerprint density at radius 2 is 1.94 bits per heavy atom. The van der Waals surface area contributed by atoms with Crippen molar-refractivity contribution >= 4 is 40.8 Å². The highest BCUT2D eigenvalue weighted by Crippen LogP contribution is 2.41. The lowest BCUT2D eigenvalue weighted by Crippen LogP contribution is -2.58. The van der Waals surface area contributed by atoms with E-state index in [2.05, 4.69) is 4.31 Å². The Morgan fingerprint density at radius 1 is 1.19 bits per heavy atom. The van der Waals surface area contributed by atoms with E-state index < -0.39 is 5.97 Å². The maximum Gasteiger partial charge on any atom is 0.348 e. The Morgan fingerprint density at radius 3 is 2.61 bits per heavy atom. The Labute approximate surface area is 191 Å². The number of piperazine rings is 1. The van der Waals surface area contributed by atoms with Gasteiger partial charge in [0.2, 0.25) is 5.91 Å². The summed E-state index contributed by atoms with van der Waals surface area (Å²) in [6.07, 6.45) is 5.75. The summed E-state index contributed by atoms with van der Waals surface area (Å²) < 4.78 is 2.12. The minimum Gasteiger partial charge on any atom is -0.477 e. The van der Waals surface area contributed by atoms with E-state index in [-0.39, 0.29) is 23.4 Å². The number of nitrogens with two attached hydrogens (primary N) is 1. The number of aromatic carboxylic acids is 1. The molecular formula is C23H29N3O3S2. The molecule has 1 atom stereocenters. The van der Waals surface area contributed by atoms with Crippen molar-refractivity contribution in [2.24, 2.45) is 11.7 Å². The average Bonchev–Trinajstić information content (AvgIpc) is 3.24. The molecular weight excluding hydrogens is 430 g/mol. The minimum absolute atomic E-state index is 0.0110. The van der Waals surface area contributed by atoms with Crippen LogP contribution in [0.15, 0.2) is 36.4 Å². The van der Waals surface area contributed by atoms with Crippen molar-refractivity contribution < 1.29 is 14.7 Å². The van der Waals surface area contributed by atoms with Crippen LogP contribution >= 0.6 is 23.3 Å². The number of carboxylic acid groups (broad SMARTS) is 1. The topological polar surface area (TPSA) is 86.9 Å². The molecule has 2 heterocycles. The molecule has 1 amide bonds. The van der Waals surface area contributed by atoms with Crippen LogP contribution in [-0.4, -0.2) is 52.7 Å².